The molecule has 1 atom stereocenters. The molecule has 0 aromatic carbocycles. The van der Waals surface area contributed by atoms with E-state index in [1.165, 1.54) is 0 Å². The van der Waals surface area contributed by atoms with Crippen molar-refractivity contribution in [3.05, 3.63) is 12.7 Å². The van der Waals surface area contributed by atoms with Crippen molar-refractivity contribution in [2.45, 2.75) is 27.2 Å². The maximum atomic E-state index is 3.72. The van der Waals surface area contributed by atoms with Crippen LogP contribution in [0.25, 0.3) is 0 Å². The zero-order valence-electron chi connectivity index (χ0n) is 8.06. The monoisotopic (exact) mass is 155 g/mol. The van der Waals surface area contributed by atoms with E-state index in [1.54, 1.807) is 0 Å². The van der Waals surface area contributed by atoms with Crippen LogP contribution in [-0.2, 0) is 0 Å². The van der Waals surface area contributed by atoms with Gasteiger partial charge in [0.1, 0.15) is 0 Å². The predicted octanol–water partition coefficient (Wildman–Crippen LogP) is 2.44. The standard InChI is InChI=1S/C10H21N/c1-5-6-10(4)8-11-7-9(2)3/h5,9-11H,1,6-8H2,2-4H3. The first-order valence-electron chi connectivity index (χ1n) is 4.48. The summed E-state index contributed by atoms with van der Waals surface area (Å²) in [5, 5.41) is 3.42. The van der Waals surface area contributed by atoms with Crippen LogP contribution in [0.2, 0.25) is 0 Å². The molecule has 11 heavy (non-hydrogen) atoms. The highest BCUT2D eigenvalue weighted by Crippen LogP contribution is 1.99. The summed E-state index contributed by atoms with van der Waals surface area (Å²) in [6.07, 6.45) is 3.10. The van der Waals surface area contributed by atoms with Gasteiger partial charge in [-0.25, -0.2) is 0 Å². The van der Waals surface area contributed by atoms with E-state index < -0.39 is 0 Å². The van der Waals surface area contributed by atoms with Crippen molar-refractivity contribution in [3.8, 4) is 0 Å². The molecule has 0 aliphatic rings. The molecule has 0 aromatic rings. The molecule has 66 valence electrons. The van der Waals surface area contributed by atoms with Crippen LogP contribution in [0.1, 0.15) is 27.2 Å². The number of hydrogen-bond donors (Lipinski definition) is 1. The first-order chi connectivity index (χ1) is 5.16. The van der Waals surface area contributed by atoms with E-state index in [-0.39, 0.29) is 0 Å². The molecule has 1 nitrogen and oxygen atoms in total. The van der Waals surface area contributed by atoms with Crippen molar-refractivity contribution in [3.63, 3.8) is 0 Å². The zero-order chi connectivity index (χ0) is 8.69. The van der Waals surface area contributed by atoms with E-state index in [0.717, 1.165) is 31.3 Å². The largest absolute Gasteiger partial charge is 0.316 e. The molecule has 0 spiro atoms. The molecular weight excluding hydrogens is 134 g/mol. The van der Waals surface area contributed by atoms with Crippen molar-refractivity contribution < 1.29 is 0 Å². The van der Waals surface area contributed by atoms with Gasteiger partial charge in [-0.3, -0.25) is 0 Å². The summed E-state index contributed by atoms with van der Waals surface area (Å²) in [5.74, 6) is 1.48. The van der Waals surface area contributed by atoms with E-state index in [9.17, 15) is 0 Å². The average molecular weight is 155 g/mol. The fourth-order valence-corrected chi connectivity index (χ4v) is 0.986. The zero-order valence-corrected chi connectivity index (χ0v) is 8.06. The Morgan fingerprint density at radius 1 is 1.27 bits per heavy atom. The Labute approximate surface area is 70.9 Å². The van der Waals surface area contributed by atoms with E-state index in [2.05, 4.69) is 32.7 Å². The van der Waals surface area contributed by atoms with Gasteiger partial charge < -0.3 is 5.32 Å². The summed E-state index contributed by atoms with van der Waals surface area (Å²) in [7, 11) is 0. The quantitative estimate of drug-likeness (QED) is 0.581. The van der Waals surface area contributed by atoms with Crippen LogP contribution in [0.4, 0.5) is 0 Å². The Hall–Kier alpha value is -0.300. The first kappa shape index (κ1) is 10.7. The van der Waals surface area contributed by atoms with Crippen molar-refractivity contribution in [1.82, 2.24) is 5.32 Å². The number of nitrogens with one attached hydrogen (secondary N) is 1. The van der Waals surface area contributed by atoms with E-state index in [4.69, 9.17) is 0 Å². The molecule has 1 unspecified atom stereocenters. The number of hydrogen-bond acceptors (Lipinski definition) is 1. The van der Waals surface area contributed by atoms with Gasteiger partial charge in [-0.05, 0) is 31.3 Å². The van der Waals surface area contributed by atoms with E-state index >= 15 is 0 Å². The van der Waals surface area contributed by atoms with Crippen molar-refractivity contribution >= 4 is 0 Å². The summed E-state index contributed by atoms with van der Waals surface area (Å²) in [5.41, 5.74) is 0. The van der Waals surface area contributed by atoms with Crippen LogP contribution in [-0.4, -0.2) is 13.1 Å². The van der Waals surface area contributed by atoms with Crippen molar-refractivity contribution in [1.29, 1.82) is 0 Å². The highest BCUT2D eigenvalue weighted by molar-refractivity contribution is 4.71. The van der Waals surface area contributed by atoms with Crippen LogP contribution in [0.5, 0.6) is 0 Å². The Kier molecular flexibility index (Phi) is 6.24. The molecule has 0 aromatic heterocycles. The predicted molar refractivity (Wildman–Crippen MR) is 51.7 cm³/mol. The molecule has 0 fully saturated rings. The fraction of sp³-hybridized carbons (Fsp3) is 0.800. The molecular formula is C10H21N. The Bertz CT molecular complexity index is 97.0. The second-order valence-electron chi connectivity index (χ2n) is 3.68. The van der Waals surface area contributed by atoms with Crippen LogP contribution in [0.15, 0.2) is 12.7 Å². The van der Waals surface area contributed by atoms with Crippen molar-refractivity contribution in [2.75, 3.05) is 13.1 Å². The second-order valence-corrected chi connectivity index (χ2v) is 3.68. The lowest BCUT2D eigenvalue weighted by atomic mass is 10.1. The van der Waals surface area contributed by atoms with E-state index in [0.29, 0.717) is 0 Å². The van der Waals surface area contributed by atoms with Gasteiger partial charge in [-0.15, -0.1) is 6.58 Å². The highest BCUT2D eigenvalue weighted by atomic mass is 14.9. The Morgan fingerprint density at radius 3 is 2.36 bits per heavy atom. The maximum absolute atomic E-state index is 3.72. The second kappa shape index (κ2) is 6.41. The lowest BCUT2D eigenvalue weighted by Crippen LogP contribution is -2.24. The normalized spacial score (nSPS) is 13.5. The lowest BCUT2D eigenvalue weighted by Gasteiger charge is -2.11. The smallest absolute Gasteiger partial charge is 0.00201 e. The van der Waals surface area contributed by atoms with E-state index in [1.807, 2.05) is 6.08 Å². The van der Waals surface area contributed by atoms with Gasteiger partial charge in [-0.2, -0.15) is 0 Å². The topological polar surface area (TPSA) is 12.0 Å². The average Bonchev–Trinajstić information content (AvgIpc) is 1.87. The summed E-state index contributed by atoms with van der Waals surface area (Å²) >= 11 is 0. The van der Waals surface area contributed by atoms with Crippen LogP contribution in [0.3, 0.4) is 0 Å². The minimum Gasteiger partial charge on any atom is -0.316 e. The van der Waals surface area contributed by atoms with Crippen LogP contribution in [0, 0.1) is 11.8 Å². The molecule has 0 heterocycles. The fourth-order valence-electron chi connectivity index (χ4n) is 0.986. The molecule has 0 rings (SSSR count). The molecule has 0 aliphatic heterocycles. The first-order valence-corrected chi connectivity index (χ1v) is 4.48. The van der Waals surface area contributed by atoms with Gasteiger partial charge in [0.15, 0.2) is 0 Å². The van der Waals surface area contributed by atoms with Crippen molar-refractivity contribution in [2.24, 2.45) is 11.8 Å². The third kappa shape index (κ3) is 7.60. The van der Waals surface area contributed by atoms with Gasteiger partial charge in [0.05, 0.1) is 0 Å². The Morgan fingerprint density at radius 2 is 1.91 bits per heavy atom. The highest BCUT2D eigenvalue weighted by Gasteiger charge is 1.98. The lowest BCUT2D eigenvalue weighted by molar-refractivity contribution is 0.478. The Balaban J connectivity index is 3.16. The van der Waals surface area contributed by atoms with Gasteiger partial charge in [0.25, 0.3) is 0 Å². The summed E-state index contributed by atoms with van der Waals surface area (Å²) in [6.45, 7) is 12.7. The van der Waals surface area contributed by atoms with Gasteiger partial charge >= 0.3 is 0 Å². The molecule has 0 amide bonds. The minimum atomic E-state index is 0.728. The molecule has 0 radical (unpaired) electrons. The van der Waals surface area contributed by atoms with Gasteiger partial charge in [0.2, 0.25) is 0 Å². The SMILES string of the molecule is C=CCC(C)CNCC(C)C. The molecule has 1 N–H and O–H groups in total. The minimum absolute atomic E-state index is 0.728. The molecule has 0 aliphatic carbocycles. The van der Waals surface area contributed by atoms with Gasteiger partial charge in [-0.1, -0.05) is 26.8 Å². The number of allylic oxidation sites excluding steroid dienone is 1. The third-order valence-corrected chi connectivity index (χ3v) is 1.61. The summed E-state index contributed by atoms with van der Waals surface area (Å²) in [6, 6.07) is 0. The maximum Gasteiger partial charge on any atom is -0.00201 e. The van der Waals surface area contributed by atoms with Gasteiger partial charge in [0, 0.05) is 0 Å². The van der Waals surface area contributed by atoms with Crippen LogP contribution < -0.4 is 5.32 Å². The third-order valence-electron chi connectivity index (χ3n) is 1.61. The molecule has 1 heteroatoms. The van der Waals surface area contributed by atoms with Crippen LogP contribution >= 0.6 is 0 Å². The summed E-state index contributed by atoms with van der Waals surface area (Å²) < 4.78 is 0. The molecule has 0 saturated heterocycles. The summed E-state index contributed by atoms with van der Waals surface area (Å²) in [4.78, 5) is 0. The molecule has 0 saturated carbocycles. The number of rotatable bonds is 6. The molecule has 0 bridgehead atoms.